The third kappa shape index (κ3) is 2.27. The van der Waals surface area contributed by atoms with Crippen LogP contribution in [0.1, 0.15) is 9.75 Å². The largest absolute Gasteiger partial charge is 0.144 e. The van der Waals surface area contributed by atoms with E-state index in [1.54, 1.807) is 0 Å². The molecular weight excluding hydrogens is 320 g/mol. The molecule has 0 N–H and O–H groups in total. The summed E-state index contributed by atoms with van der Waals surface area (Å²) in [4.78, 5) is 5.46. The van der Waals surface area contributed by atoms with Crippen LogP contribution in [-0.2, 0) is 0 Å². The second-order valence-corrected chi connectivity index (χ2v) is 8.53. The fourth-order valence-corrected chi connectivity index (χ4v) is 6.64. The zero-order chi connectivity index (χ0) is 13.4. The van der Waals surface area contributed by atoms with Gasteiger partial charge in [0.2, 0.25) is 0 Å². The number of thiophene rings is 2. The topological polar surface area (TPSA) is 0 Å². The minimum Gasteiger partial charge on any atom is -0.144 e. The summed E-state index contributed by atoms with van der Waals surface area (Å²) in [5.74, 6) is 0. The van der Waals surface area contributed by atoms with Gasteiger partial charge in [-0.2, -0.15) is 0 Å². The van der Waals surface area contributed by atoms with Crippen LogP contribution in [0.15, 0.2) is 73.3 Å². The molecule has 0 atom stereocenters. The van der Waals surface area contributed by atoms with Crippen molar-refractivity contribution in [1.82, 2.24) is 0 Å². The Balaban J connectivity index is 1.86. The third-order valence-electron chi connectivity index (χ3n) is 2.99. The molecule has 1 aliphatic heterocycles. The molecule has 0 amide bonds. The molecule has 0 saturated carbocycles. The van der Waals surface area contributed by atoms with Gasteiger partial charge in [-0.1, -0.05) is 47.8 Å². The van der Waals surface area contributed by atoms with Gasteiger partial charge in [0.05, 0.1) is 4.24 Å². The SMILES string of the molecule is c1csc(C(=C2Sc3ccccc3S2)c2cccs2)c1. The first-order valence-corrected chi connectivity index (χ1v) is 9.58. The normalized spacial score (nSPS) is 13.5. The van der Waals surface area contributed by atoms with Gasteiger partial charge >= 0.3 is 0 Å². The molecule has 0 bridgehead atoms. The minimum absolute atomic E-state index is 1.36. The summed E-state index contributed by atoms with van der Waals surface area (Å²) in [5.41, 5.74) is 1.39. The summed E-state index contributed by atoms with van der Waals surface area (Å²) in [6, 6.07) is 17.3. The number of benzene rings is 1. The fraction of sp³-hybridized carbons (Fsp3) is 0. The predicted molar refractivity (Wildman–Crippen MR) is 92.8 cm³/mol. The van der Waals surface area contributed by atoms with Gasteiger partial charge in [0.25, 0.3) is 0 Å². The van der Waals surface area contributed by atoms with Crippen molar-refractivity contribution in [1.29, 1.82) is 0 Å². The molecule has 0 nitrogen and oxygen atoms in total. The van der Waals surface area contributed by atoms with Crippen molar-refractivity contribution in [2.75, 3.05) is 0 Å². The third-order valence-corrected chi connectivity index (χ3v) is 7.33. The molecular formula is C16H10S4. The molecule has 0 radical (unpaired) electrons. The molecule has 4 rings (SSSR count). The number of hydrogen-bond acceptors (Lipinski definition) is 4. The van der Waals surface area contributed by atoms with Crippen molar-refractivity contribution in [3.8, 4) is 0 Å². The highest BCUT2D eigenvalue weighted by Crippen LogP contribution is 2.55. The second kappa shape index (κ2) is 5.45. The molecule has 1 aliphatic rings. The molecule has 0 saturated heterocycles. The number of rotatable bonds is 2. The lowest BCUT2D eigenvalue weighted by molar-refractivity contribution is 1.27. The van der Waals surface area contributed by atoms with Crippen LogP contribution in [0.4, 0.5) is 0 Å². The molecule has 3 aromatic rings. The van der Waals surface area contributed by atoms with Crippen molar-refractivity contribution in [3.63, 3.8) is 0 Å². The van der Waals surface area contributed by atoms with E-state index in [2.05, 4.69) is 59.3 Å². The standard InChI is InChI=1S/C16H10S4/c1-2-6-12-11(5-1)19-16(20-12)15(13-7-3-9-17-13)14-8-4-10-18-14/h1-10H. The number of thioether (sulfide) groups is 2. The van der Waals surface area contributed by atoms with Gasteiger partial charge in [-0.25, -0.2) is 0 Å². The summed E-state index contributed by atoms with van der Waals surface area (Å²) >= 11 is 7.43. The average Bonchev–Trinajstić information content (AvgIpc) is 3.21. The molecule has 20 heavy (non-hydrogen) atoms. The average molecular weight is 331 g/mol. The van der Waals surface area contributed by atoms with Gasteiger partial charge in [0.15, 0.2) is 0 Å². The van der Waals surface area contributed by atoms with Crippen LogP contribution in [0.25, 0.3) is 5.57 Å². The van der Waals surface area contributed by atoms with Crippen molar-refractivity contribution in [3.05, 3.63) is 73.3 Å². The maximum absolute atomic E-state index is 2.22. The van der Waals surface area contributed by atoms with E-state index in [9.17, 15) is 0 Å². The Morgan fingerprint density at radius 3 is 1.65 bits per heavy atom. The highest BCUT2D eigenvalue weighted by atomic mass is 32.2. The van der Waals surface area contributed by atoms with E-state index < -0.39 is 0 Å². The van der Waals surface area contributed by atoms with Crippen molar-refractivity contribution in [2.24, 2.45) is 0 Å². The molecule has 98 valence electrons. The highest BCUT2D eigenvalue weighted by molar-refractivity contribution is 8.25. The van der Waals surface area contributed by atoms with E-state index in [-0.39, 0.29) is 0 Å². The van der Waals surface area contributed by atoms with Gasteiger partial charge < -0.3 is 0 Å². The van der Waals surface area contributed by atoms with E-state index >= 15 is 0 Å². The number of hydrogen-bond donors (Lipinski definition) is 0. The molecule has 0 aliphatic carbocycles. The van der Waals surface area contributed by atoms with E-state index in [0.717, 1.165) is 0 Å². The Bertz CT molecular complexity index is 688. The molecule has 0 unspecified atom stereocenters. The zero-order valence-electron chi connectivity index (χ0n) is 10.4. The summed E-state index contributed by atoms with van der Waals surface area (Å²) in [5, 5.41) is 4.31. The fourth-order valence-electron chi connectivity index (χ4n) is 2.11. The summed E-state index contributed by atoms with van der Waals surface area (Å²) in [6.45, 7) is 0. The van der Waals surface area contributed by atoms with E-state index in [4.69, 9.17) is 0 Å². The number of fused-ring (bicyclic) bond motifs is 1. The van der Waals surface area contributed by atoms with Crippen LogP contribution < -0.4 is 0 Å². The van der Waals surface area contributed by atoms with Crippen LogP contribution in [0, 0.1) is 0 Å². The summed E-state index contributed by atoms with van der Waals surface area (Å²) < 4.78 is 1.40. The Labute approximate surface area is 134 Å². The van der Waals surface area contributed by atoms with Crippen molar-refractivity contribution in [2.45, 2.75) is 9.79 Å². The Kier molecular flexibility index (Phi) is 3.48. The monoisotopic (exact) mass is 330 g/mol. The minimum atomic E-state index is 1.36. The molecule has 0 spiro atoms. The Hall–Kier alpha value is -0.940. The molecule has 3 heterocycles. The van der Waals surface area contributed by atoms with Gasteiger partial charge in [0.1, 0.15) is 0 Å². The quantitative estimate of drug-likeness (QED) is 0.531. The lowest BCUT2D eigenvalue weighted by Gasteiger charge is -2.06. The zero-order valence-corrected chi connectivity index (χ0v) is 13.7. The van der Waals surface area contributed by atoms with Gasteiger partial charge in [-0.3, -0.25) is 0 Å². The maximum atomic E-state index is 2.22. The van der Waals surface area contributed by atoms with Gasteiger partial charge in [-0.15, -0.1) is 22.7 Å². The first-order chi connectivity index (χ1) is 9.92. The van der Waals surface area contributed by atoms with Crippen molar-refractivity contribution >= 4 is 51.8 Å². The van der Waals surface area contributed by atoms with E-state index in [0.29, 0.717) is 0 Å². The molecule has 1 aromatic carbocycles. The Morgan fingerprint density at radius 1 is 0.650 bits per heavy atom. The first-order valence-electron chi connectivity index (χ1n) is 6.18. The lowest BCUT2D eigenvalue weighted by atomic mass is 10.2. The second-order valence-electron chi connectivity index (χ2n) is 4.27. The lowest BCUT2D eigenvalue weighted by Crippen LogP contribution is -1.82. The van der Waals surface area contributed by atoms with Crippen LogP contribution in [0.5, 0.6) is 0 Å². The smallest absolute Gasteiger partial charge is 0.0600 e. The summed E-state index contributed by atoms with van der Waals surface area (Å²) in [6.07, 6.45) is 0. The van der Waals surface area contributed by atoms with E-state index in [1.165, 1.54) is 29.4 Å². The molecule has 4 heteroatoms. The van der Waals surface area contributed by atoms with Gasteiger partial charge in [-0.05, 0) is 35.0 Å². The van der Waals surface area contributed by atoms with Gasteiger partial charge in [0, 0.05) is 25.1 Å². The van der Waals surface area contributed by atoms with Crippen LogP contribution in [0.3, 0.4) is 0 Å². The van der Waals surface area contributed by atoms with Crippen LogP contribution in [0.2, 0.25) is 0 Å². The highest BCUT2D eigenvalue weighted by Gasteiger charge is 2.23. The maximum Gasteiger partial charge on any atom is 0.0600 e. The first kappa shape index (κ1) is 12.8. The molecule has 2 aromatic heterocycles. The van der Waals surface area contributed by atoms with Crippen molar-refractivity contribution < 1.29 is 0 Å². The Morgan fingerprint density at radius 2 is 1.20 bits per heavy atom. The summed E-state index contributed by atoms with van der Waals surface area (Å²) in [7, 11) is 0. The van der Waals surface area contributed by atoms with Crippen LogP contribution >= 0.6 is 46.2 Å². The van der Waals surface area contributed by atoms with Crippen LogP contribution in [-0.4, -0.2) is 0 Å². The van der Waals surface area contributed by atoms with E-state index in [1.807, 2.05) is 46.2 Å². The molecule has 0 fully saturated rings. The predicted octanol–water partition coefficient (Wildman–Crippen LogP) is 6.42.